The lowest BCUT2D eigenvalue weighted by Crippen LogP contribution is -2.19. The lowest BCUT2D eigenvalue weighted by molar-refractivity contribution is 0.0328. The quantitative estimate of drug-likeness (QED) is 0.666. The topological polar surface area (TPSA) is 53.4 Å². The average Bonchev–Trinajstić information content (AvgIpc) is 2.36. The van der Waals surface area contributed by atoms with Crippen molar-refractivity contribution in [1.29, 1.82) is 0 Å². The molecule has 1 heterocycles. The van der Waals surface area contributed by atoms with Crippen molar-refractivity contribution in [2.24, 2.45) is 0 Å². The van der Waals surface area contributed by atoms with Crippen molar-refractivity contribution >= 4 is 34.1 Å². The minimum absolute atomic E-state index is 0.0158. The second kappa shape index (κ2) is 5.19. The summed E-state index contributed by atoms with van der Waals surface area (Å²) in [6.45, 7) is 0. The number of halogens is 2. The third-order valence-electron chi connectivity index (χ3n) is 2.54. The normalized spacial score (nSPS) is 14.8. The number of alkyl halides is 1. The molecule has 0 saturated heterocycles. The number of benzene rings is 1. The summed E-state index contributed by atoms with van der Waals surface area (Å²) in [5, 5.41) is 20.6. The van der Waals surface area contributed by atoms with Gasteiger partial charge in [0.2, 0.25) is 0 Å². The van der Waals surface area contributed by atoms with Crippen LogP contribution < -0.4 is 0 Å². The second-order valence-corrected chi connectivity index (χ2v) is 4.45. The zero-order valence-corrected chi connectivity index (χ0v) is 10.4. The van der Waals surface area contributed by atoms with E-state index in [1.54, 1.807) is 24.3 Å². The maximum Gasteiger partial charge on any atom is 0.129 e. The van der Waals surface area contributed by atoms with E-state index in [1.807, 2.05) is 6.07 Å². The number of fused-ring (bicyclic) bond motifs is 1. The van der Waals surface area contributed by atoms with E-state index in [9.17, 15) is 10.2 Å². The van der Waals surface area contributed by atoms with E-state index in [4.69, 9.17) is 23.2 Å². The minimum atomic E-state index is -0.993. The summed E-state index contributed by atoms with van der Waals surface area (Å²) in [5.74, 6) is -0.0158. The van der Waals surface area contributed by atoms with E-state index >= 15 is 0 Å². The highest BCUT2D eigenvalue weighted by Gasteiger charge is 2.17. The summed E-state index contributed by atoms with van der Waals surface area (Å²) in [5.41, 5.74) is 1.35. The summed E-state index contributed by atoms with van der Waals surface area (Å²) in [4.78, 5) is 4.14. The van der Waals surface area contributed by atoms with Crippen LogP contribution in [-0.4, -0.2) is 27.2 Å². The van der Waals surface area contributed by atoms with Gasteiger partial charge >= 0.3 is 0 Å². The molecular formula is C12H11Cl2NO2. The molecule has 0 amide bonds. The van der Waals surface area contributed by atoms with Crippen molar-refractivity contribution in [2.45, 2.75) is 12.2 Å². The predicted octanol–water partition coefficient (Wildman–Crippen LogP) is 2.52. The number of pyridine rings is 1. The van der Waals surface area contributed by atoms with Crippen molar-refractivity contribution in [3.63, 3.8) is 0 Å². The number of hydrogen-bond donors (Lipinski definition) is 2. The van der Waals surface area contributed by atoms with Gasteiger partial charge in [0.05, 0.1) is 17.5 Å². The highest BCUT2D eigenvalue weighted by atomic mass is 35.5. The van der Waals surface area contributed by atoms with Crippen LogP contribution in [0.3, 0.4) is 0 Å². The molecule has 2 unspecified atom stereocenters. The molecule has 2 aromatic rings. The number of aliphatic hydroxyl groups is 2. The van der Waals surface area contributed by atoms with Gasteiger partial charge in [0.15, 0.2) is 0 Å². The van der Waals surface area contributed by atoms with Gasteiger partial charge in [-0.3, -0.25) is 0 Å². The monoisotopic (exact) mass is 271 g/mol. The molecule has 0 saturated carbocycles. The largest absolute Gasteiger partial charge is 0.389 e. The predicted molar refractivity (Wildman–Crippen MR) is 68.4 cm³/mol. The SMILES string of the molecule is OC(CCl)C(O)c1ccc2nc(Cl)ccc2c1. The van der Waals surface area contributed by atoms with Gasteiger partial charge in [-0.05, 0) is 29.8 Å². The van der Waals surface area contributed by atoms with Crippen molar-refractivity contribution in [3.05, 3.63) is 41.0 Å². The van der Waals surface area contributed by atoms with Gasteiger partial charge in [0.1, 0.15) is 11.3 Å². The summed E-state index contributed by atoms with van der Waals surface area (Å²) in [6.07, 6.45) is -1.97. The maximum atomic E-state index is 9.82. The Kier molecular flexibility index (Phi) is 3.84. The Morgan fingerprint density at radius 2 is 1.94 bits per heavy atom. The van der Waals surface area contributed by atoms with Gasteiger partial charge in [-0.25, -0.2) is 4.98 Å². The molecule has 0 radical (unpaired) electrons. The molecule has 5 heteroatoms. The number of rotatable bonds is 3. The van der Waals surface area contributed by atoms with Crippen LogP contribution in [0, 0.1) is 0 Å². The highest BCUT2D eigenvalue weighted by molar-refractivity contribution is 6.29. The van der Waals surface area contributed by atoms with Gasteiger partial charge in [-0.2, -0.15) is 0 Å². The molecule has 2 N–H and O–H groups in total. The van der Waals surface area contributed by atoms with Crippen LogP contribution in [0.15, 0.2) is 30.3 Å². The van der Waals surface area contributed by atoms with E-state index in [0.717, 1.165) is 10.9 Å². The Labute approximate surface area is 109 Å². The van der Waals surface area contributed by atoms with Crippen LogP contribution in [0.4, 0.5) is 0 Å². The first-order valence-corrected chi connectivity index (χ1v) is 6.01. The molecule has 2 rings (SSSR count). The van der Waals surface area contributed by atoms with Crippen LogP contribution in [0.1, 0.15) is 11.7 Å². The number of aromatic nitrogens is 1. The van der Waals surface area contributed by atoms with Crippen molar-refractivity contribution < 1.29 is 10.2 Å². The Morgan fingerprint density at radius 3 is 2.65 bits per heavy atom. The van der Waals surface area contributed by atoms with Gasteiger partial charge in [0, 0.05) is 5.39 Å². The maximum absolute atomic E-state index is 9.82. The van der Waals surface area contributed by atoms with E-state index in [1.165, 1.54) is 0 Å². The fraction of sp³-hybridized carbons (Fsp3) is 0.250. The highest BCUT2D eigenvalue weighted by Crippen LogP contribution is 2.23. The molecule has 1 aromatic heterocycles. The zero-order valence-electron chi connectivity index (χ0n) is 8.85. The van der Waals surface area contributed by atoms with Gasteiger partial charge in [0.25, 0.3) is 0 Å². The van der Waals surface area contributed by atoms with Crippen molar-refractivity contribution in [1.82, 2.24) is 4.98 Å². The number of aliphatic hydroxyl groups excluding tert-OH is 2. The molecule has 0 fully saturated rings. The summed E-state index contributed by atoms with van der Waals surface area (Å²) in [6, 6.07) is 8.71. The molecule has 0 aliphatic heterocycles. The molecule has 0 aliphatic rings. The van der Waals surface area contributed by atoms with Crippen LogP contribution in [-0.2, 0) is 0 Å². The first-order valence-electron chi connectivity index (χ1n) is 5.10. The first kappa shape index (κ1) is 12.6. The Hall–Kier alpha value is -0.870. The Balaban J connectivity index is 2.41. The van der Waals surface area contributed by atoms with Gasteiger partial charge in [-0.15, -0.1) is 11.6 Å². The molecule has 2 atom stereocenters. The molecule has 3 nitrogen and oxygen atoms in total. The Bertz CT molecular complexity index is 533. The lowest BCUT2D eigenvalue weighted by Gasteiger charge is -2.16. The van der Waals surface area contributed by atoms with E-state index < -0.39 is 12.2 Å². The van der Waals surface area contributed by atoms with Crippen molar-refractivity contribution in [2.75, 3.05) is 5.88 Å². The smallest absolute Gasteiger partial charge is 0.129 e. The molecule has 17 heavy (non-hydrogen) atoms. The van der Waals surface area contributed by atoms with Crippen LogP contribution in [0.2, 0.25) is 5.15 Å². The molecule has 0 aliphatic carbocycles. The van der Waals surface area contributed by atoms with Gasteiger partial charge < -0.3 is 10.2 Å². The van der Waals surface area contributed by atoms with Crippen LogP contribution >= 0.6 is 23.2 Å². The fourth-order valence-electron chi connectivity index (χ4n) is 1.61. The molecule has 1 aromatic carbocycles. The molecule has 0 bridgehead atoms. The zero-order chi connectivity index (χ0) is 12.4. The third kappa shape index (κ3) is 2.69. The summed E-state index contributed by atoms with van der Waals surface area (Å²) in [7, 11) is 0. The van der Waals surface area contributed by atoms with E-state index in [2.05, 4.69) is 4.98 Å². The Morgan fingerprint density at radius 1 is 1.18 bits per heavy atom. The average molecular weight is 272 g/mol. The number of nitrogens with zero attached hydrogens (tertiary/aromatic N) is 1. The fourth-order valence-corrected chi connectivity index (χ4v) is 1.93. The van der Waals surface area contributed by atoms with Gasteiger partial charge in [-0.1, -0.05) is 17.7 Å². The lowest BCUT2D eigenvalue weighted by atomic mass is 10.0. The summed E-state index contributed by atoms with van der Waals surface area (Å²) >= 11 is 11.3. The standard InChI is InChI=1S/C12H11Cl2NO2/c13-6-10(16)12(17)8-1-3-9-7(5-8)2-4-11(14)15-9/h1-5,10,12,16-17H,6H2. The van der Waals surface area contributed by atoms with Crippen LogP contribution in [0.25, 0.3) is 10.9 Å². The van der Waals surface area contributed by atoms with E-state index in [0.29, 0.717) is 10.7 Å². The molecule has 90 valence electrons. The second-order valence-electron chi connectivity index (χ2n) is 3.75. The first-order chi connectivity index (χ1) is 8.11. The molecule has 0 spiro atoms. The summed E-state index contributed by atoms with van der Waals surface area (Å²) < 4.78 is 0. The third-order valence-corrected chi connectivity index (χ3v) is 3.07. The van der Waals surface area contributed by atoms with Crippen molar-refractivity contribution in [3.8, 4) is 0 Å². The number of hydrogen-bond acceptors (Lipinski definition) is 3. The minimum Gasteiger partial charge on any atom is -0.389 e. The molecular weight excluding hydrogens is 261 g/mol. The van der Waals surface area contributed by atoms with E-state index in [-0.39, 0.29) is 5.88 Å². The van der Waals surface area contributed by atoms with Crippen LogP contribution in [0.5, 0.6) is 0 Å².